The van der Waals surface area contributed by atoms with Gasteiger partial charge in [-0.05, 0) is 37.3 Å². The molecule has 0 aliphatic carbocycles. The quantitative estimate of drug-likeness (QED) is 0.224. The Hall–Kier alpha value is -3.63. The summed E-state index contributed by atoms with van der Waals surface area (Å²) in [7, 11) is 0. The van der Waals surface area contributed by atoms with Crippen LogP contribution in [0.2, 0.25) is 5.02 Å². The van der Waals surface area contributed by atoms with E-state index in [0.717, 1.165) is 5.69 Å². The van der Waals surface area contributed by atoms with Gasteiger partial charge in [-0.25, -0.2) is 0 Å². The number of furan rings is 1. The minimum atomic E-state index is -0.610. The molecule has 0 radical (unpaired) electrons. The lowest BCUT2D eigenvalue weighted by Crippen LogP contribution is -2.23. The number of nitrogens with one attached hydrogen (secondary N) is 1. The smallest absolute Gasteiger partial charge is 0.271 e. The first-order valence-corrected chi connectivity index (χ1v) is 10.7. The van der Waals surface area contributed by atoms with Crippen molar-refractivity contribution in [2.24, 2.45) is 0 Å². The molecule has 1 amide bonds. The van der Waals surface area contributed by atoms with Crippen LogP contribution in [0.15, 0.2) is 76.5 Å². The number of carbonyl (C=O) groups excluding carboxylic acids is 1. The van der Waals surface area contributed by atoms with Gasteiger partial charge in [0.05, 0.1) is 27.1 Å². The highest BCUT2D eigenvalue weighted by Gasteiger charge is 2.23. The number of hydrogen-bond donors (Lipinski definition) is 1. The Labute approximate surface area is 191 Å². The van der Waals surface area contributed by atoms with Crippen LogP contribution in [-0.2, 0) is 4.79 Å². The molecule has 2 aromatic heterocycles. The first-order valence-electron chi connectivity index (χ1n) is 9.40. The number of nitro groups is 1. The largest absolute Gasteiger partial charge is 0.461 e. The van der Waals surface area contributed by atoms with Crippen LogP contribution < -0.4 is 5.32 Å². The number of halogens is 1. The number of carbonyl (C=O) groups is 1. The summed E-state index contributed by atoms with van der Waals surface area (Å²) in [4.78, 5) is 23.3. The van der Waals surface area contributed by atoms with Crippen LogP contribution in [0, 0.1) is 10.1 Å². The predicted octanol–water partition coefficient (Wildman–Crippen LogP) is 5.21. The number of nitrogens with zero attached hydrogens (tertiary/aromatic N) is 4. The molecule has 4 rings (SSSR count). The second-order valence-corrected chi connectivity index (χ2v) is 8.34. The standard InChI is InChI=1S/C21H16ClN5O4S/c1-13(20(28)23-17-12-15(27(29)30)9-10-16(17)22)32-21-25-24-19(18-8-5-11-31-18)26(21)14-6-3-2-4-7-14/h2-13H,1H3,(H,23,28). The van der Waals surface area contributed by atoms with Crippen molar-refractivity contribution in [3.8, 4) is 17.3 Å². The van der Waals surface area contributed by atoms with Gasteiger partial charge < -0.3 is 9.73 Å². The van der Waals surface area contributed by atoms with Gasteiger partial charge in [0.2, 0.25) is 11.7 Å². The highest BCUT2D eigenvalue weighted by Crippen LogP contribution is 2.32. The van der Waals surface area contributed by atoms with Gasteiger partial charge in [-0.2, -0.15) is 0 Å². The molecular weight excluding hydrogens is 454 g/mol. The van der Waals surface area contributed by atoms with Crippen LogP contribution in [0.3, 0.4) is 0 Å². The molecule has 2 heterocycles. The van der Waals surface area contributed by atoms with E-state index in [1.165, 1.54) is 30.0 Å². The highest BCUT2D eigenvalue weighted by molar-refractivity contribution is 8.00. The maximum Gasteiger partial charge on any atom is 0.271 e. The SMILES string of the molecule is CC(Sc1nnc(-c2ccco2)n1-c1ccccc1)C(=O)Nc1cc([N+](=O)[O-])ccc1Cl. The zero-order chi connectivity index (χ0) is 22.7. The van der Waals surface area contributed by atoms with Crippen molar-refractivity contribution >= 4 is 40.6 Å². The van der Waals surface area contributed by atoms with E-state index in [1.807, 2.05) is 30.3 Å². The number of anilines is 1. The predicted molar refractivity (Wildman–Crippen MR) is 121 cm³/mol. The maximum atomic E-state index is 12.8. The first-order chi connectivity index (χ1) is 15.4. The van der Waals surface area contributed by atoms with E-state index in [4.69, 9.17) is 16.0 Å². The van der Waals surface area contributed by atoms with Crippen molar-refractivity contribution in [1.82, 2.24) is 14.8 Å². The lowest BCUT2D eigenvalue weighted by molar-refractivity contribution is -0.384. The molecule has 4 aromatic rings. The lowest BCUT2D eigenvalue weighted by atomic mass is 10.2. The molecule has 162 valence electrons. The van der Waals surface area contributed by atoms with Crippen molar-refractivity contribution < 1.29 is 14.1 Å². The Morgan fingerprint density at radius 1 is 1.19 bits per heavy atom. The topological polar surface area (TPSA) is 116 Å². The Balaban J connectivity index is 1.60. The molecule has 32 heavy (non-hydrogen) atoms. The summed E-state index contributed by atoms with van der Waals surface area (Å²) in [5.41, 5.74) is 0.803. The van der Waals surface area contributed by atoms with Crippen molar-refractivity contribution in [3.63, 3.8) is 0 Å². The van der Waals surface area contributed by atoms with Crippen molar-refractivity contribution in [3.05, 3.63) is 82.1 Å². The lowest BCUT2D eigenvalue weighted by Gasteiger charge is -2.14. The molecule has 0 fully saturated rings. The molecule has 0 spiro atoms. The van der Waals surface area contributed by atoms with Crippen LogP contribution in [0.25, 0.3) is 17.3 Å². The normalized spacial score (nSPS) is 11.8. The molecule has 0 aliphatic rings. The summed E-state index contributed by atoms with van der Waals surface area (Å²) in [6.45, 7) is 1.70. The molecule has 11 heteroatoms. The van der Waals surface area contributed by atoms with E-state index < -0.39 is 10.2 Å². The molecule has 0 bridgehead atoms. The van der Waals surface area contributed by atoms with E-state index in [9.17, 15) is 14.9 Å². The number of para-hydroxylation sites is 1. The average molecular weight is 470 g/mol. The zero-order valence-electron chi connectivity index (χ0n) is 16.6. The highest BCUT2D eigenvalue weighted by atomic mass is 35.5. The summed E-state index contributed by atoms with van der Waals surface area (Å²) in [6, 6.07) is 16.9. The molecular formula is C21H16ClN5O4S. The third-order valence-electron chi connectivity index (χ3n) is 4.46. The number of rotatable bonds is 7. The van der Waals surface area contributed by atoms with Gasteiger partial charge in [-0.3, -0.25) is 19.5 Å². The number of hydrogen-bond acceptors (Lipinski definition) is 7. The Morgan fingerprint density at radius 3 is 2.66 bits per heavy atom. The molecule has 1 N–H and O–H groups in total. The van der Waals surface area contributed by atoms with E-state index in [2.05, 4.69) is 15.5 Å². The number of non-ortho nitro benzene ring substituents is 1. The molecule has 1 atom stereocenters. The van der Waals surface area contributed by atoms with Crippen LogP contribution in [0.4, 0.5) is 11.4 Å². The Kier molecular flexibility index (Phi) is 6.24. The summed E-state index contributed by atoms with van der Waals surface area (Å²) in [6.07, 6.45) is 1.55. The fourth-order valence-corrected chi connectivity index (χ4v) is 3.92. The first kappa shape index (κ1) is 21.6. The third-order valence-corrected chi connectivity index (χ3v) is 5.83. The molecule has 2 aromatic carbocycles. The van der Waals surface area contributed by atoms with E-state index in [-0.39, 0.29) is 22.3 Å². The van der Waals surface area contributed by atoms with Crippen molar-refractivity contribution in [1.29, 1.82) is 0 Å². The fourth-order valence-electron chi connectivity index (χ4n) is 2.89. The average Bonchev–Trinajstić information content (AvgIpc) is 3.45. The third kappa shape index (κ3) is 4.51. The molecule has 1 unspecified atom stereocenters. The number of amides is 1. The van der Waals surface area contributed by atoms with Crippen molar-refractivity contribution in [2.75, 3.05) is 5.32 Å². The number of thioether (sulfide) groups is 1. The van der Waals surface area contributed by atoms with Crippen LogP contribution in [0.5, 0.6) is 0 Å². The summed E-state index contributed by atoms with van der Waals surface area (Å²) in [5, 5.41) is 22.2. The molecule has 0 saturated heterocycles. The second-order valence-electron chi connectivity index (χ2n) is 6.63. The van der Waals surface area contributed by atoms with Gasteiger partial charge in [-0.15, -0.1) is 10.2 Å². The molecule has 0 aliphatic heterocycles. The maximum absolute atomic E-state index is 12.8. The zero-order valence-corrected chi connectivity index (χ0v) is 18.2. The Morgan fingerprint density at radius 2 is 1.97 bits per heavy atom. The van der Waals surface area contributed by atoms with Crippen molar-refractivity contribution in [2.45, 2.75) is 17.3 Å². The second kappa shape index (κ2) is 9.25. The number of aromatic nitrogens is 3. The van der Waals surface area contributed by atoms with Gasteiger partial charge >= 0.3 is 0 Å². The Bertz CT molecular complexity index is 1260. The van der Waals surface area contributed by atoms with E-state index in [1.54, 1.807) is 29.9 Å². The van der Waals surface area contributed by atoms with Gasteiger partial charge in [-0.1, -0.05) is 41.6 Å². The van der Waals surface area contributed by atoms with Crippen LogP contribution in [0.1, 0.15) is 6.92 Å². The van der Waals surface area contributed by atoms with Gasteiger partial charge in [0.25, 0.3) is 5.69 Å². The fraction of sp³-hybridized carbons (Fsp3) is 0.0952. The summed E-state index contributed by atoms with van der Waals surface area (Å²) < 4.78 is 7.29. The molecule has 0 saturated carbocycles. The van der Waals surface area contributed by atoms with Gasteiger partial charge in [0.15, 0.2) is 10.9 Å². The monoisotopic (exact) mass is 469 g/mol. The minimum absolute atomic E-state index is 0.166. The van der Waals surface area contributed by atoms with Crippen LogP contribution in [-0.4, -0.2) is 30.8 Å². The summed E-state index contributed by atoms with van der Waals surface area (Å²) in [5.74, 6) is 0.645. The van der Waals surface area contributed by atoms with Crippen LogP contribution >= 0.6 is 23.4 Å². The number of benzene rings is 2. The molecule has 9 nitrogen and oxygen atoms in total. The summed E-state index contributed by atoms with van der Waals surface area (Å²) >= 11 is 7.28. The van der Waals surface area contributed by atoms with E-state index in [0.29, 0.717) is 16.7 Å². The number of nitro benzene ring substituents is 1. The van der Waals surface area contributed by atoms with E-state index >= 15 is 0 Å². The van der Waals surface area contributed by atoms with Gasteiger partial charge in [0, 0.05) is 17.8 Å². The van der Waals surface area contributed by atoms with Gasteiger partial charge in [0.1, 0.15) is 0 Å². The minimum Gasteiger partial charge on any atom is -0.461 e.